The van der Waals surface area contributed by atoms with E-state index in [1.165, 1.54) is 18.3 Å². The summed E-state index contributed by atoms with van der Waals surface area (Å²) in [5, 5.41) is 0.518. The minimum Gasteiger partial charge on any atom is -0.353 e. The van der Waals surface area contributed by atoms with Crippen LogP contribution in [0.1, 0.15) is 5.56 Å². The molecule has 0 spiro atoms. The van der Waals surface area contributed by atoms with Gasteiger partial charge in [0, 0.05) is 31.2 Å². The van der Waals surface area contributed by atoms with Crippen LogP contribution in [0.15, 0.2) is 41.4 Å². The van der Waals surface area contributed by atoms with Gasteiger partial charge in [0.25, 0.3) is 10.0 Å². The Hall–Kier alpha value is -2.32. The van der Waals surface area contributed by atoms with Crippen molar-refractivity contribution in [3.8, 4) is 0 Å². The van der Waals surface area contributed by atoms with Crippen molar-refractivity contribution in [1.82, 2.24) is 9.88 Å². The highest BCUT2D eigenvalue weighted by Gasteiger charge is 2.18. The van der Waals surface area contributed by atoms with Gasteiger partial charge in [-0.3, -0.25) is 9.52 Å². The number of carbonyl (C=O) groups excluding carboxylic acids is 1. The van der Waals surface area contributed by atoms with Gasteiger partial charge in [0.05, 0.1) is 16.8 Å². The number of nitrogens with zero attached hydrogens (tertiary/aromatic N) is 3. The van der Waals surface area contributed by atoms with E-state index < -0.39 is 10.0 Å². The quantitative estimate of drug-likeness (QED) is 0.785. The number of nitrogens with one attached hydrogen (secondary N) is 1. The third-order valence-electron chi connectivity index (χ3n) is 4.23. The van der Waals surface area contributed by atoms with E-state index >= 15 is 0 Å². The molecule has 0 radical (unpaired) electrons. The van der Waals surface area contributed by atoms with Gasteiger partial charge < -0.3 is 9.80 Å². The highest BCUT2D eigenvalue weighted by Crippen LogP contribution is 2.22. The van der Waals surface area contributed by atoms with Gasteiger partial charge in [0.1, 0.15) is 5.82 Å². The maximum absolute atomic E-state index is 12.5. The van der Waals surface area contributed by atoms with Gasteiger partial charge >= 0.3 is 0 Å². The fourth-order valence-corrected chi connectivity index (χ4v) is 3.93. The molecule has 1 aromatic carbocycles. The van der Waals surface area contributed by atoms with E-state index in [9.17, 15) is 13.2 Å². The molecule has 1 saturated heterocycles. The molecule has 9 heteroatoms. The number of halogens is 1. The number of amides is 1. The number of carbonyl (C=O) groups is 1. The topological polar surface area (TPSA) is 82.6 Å². The minimum absolute atomic E-state index is 0.147. The first-order valence-corrected chi connectivity index (χ1v) is 9.94. The predicted molar refractivity (Wildman–Crippen MR) is 101 cm³/mol. The van der Waals surface area contributed by atoms with Crippen LogP contribution in [0.25, 0.3) is 0 Å². The summed E-state index contributed by atoms with van der Waals surface area (Å²) in [6.45, 7) is 4.44. The van der Waals surface area contributed by atoms with Gasteiger partial charge in [-0.1, -0.05) is 11.6 Å². The molecule has 7 nitrogen and oxygen atoms in total. The van der Waals surface area contributed by atoms with Gasteiger partial charge in [0.2, 0.25) is 6.41 Å². The fourth-order valence-electron chi connectivity index (χ4n) is 2.69. The second-order valence-electron chi connectivity index (χ2n) is 6.05. The summed E-state index contributed by atoms with van der Waals surface area (Å²) in [5.74, 6) is 0.751. The second kappa shape index (κ2) is 7.51. The first-order valence-electron chi connectivity index (χ1n) is 8.08. The van der Waals surface area contributed by atoms with Gasteiger partial charge in [0.15, 0.2) is 0 Å². The average molecular weight is 395 g/mol. The number of piperazine rings is 1. The SMILES string of the molecule is Cc1cc(S(=O)(=O)Nc2ccc(N3CCN(C=O)CC3)nc2)ccc1Cl. The van der Waals surface area contributed by atoms with Crippen molar-refractivity contribution >= 4 is 39.5 Å². The third-order valence-corrected chi connectivity index (χ3v) is 6.03. The fraction of sp³-hybridized carbons (Fsp3) is 0.294. The summed E-state index contributed by atoms with van der Waals surface area (Å²) in [7, 11) is -3.71. The lowest BCUT2D eigenvalue weighted by atomic mass is 10.2. The van der Waals surface area contributed by atoms with Gasteiger partial charge in [-0.25, -0.2) is 13.4 Å². The molecule has 26 heavy (non-hydrogen) atoms. The lowest BCUT2D eigenvalue weighted by Crippen LogP contribution is -2.46. The van der Waals surface area contributed by atoms with Crippen LogP contribution < -0.4 is 9.62 Å². The molecule has 0 bridgehead atoms. The van der Waals surface area contributed by atoms with Crippen molar-refractivity contribution in [1.29, 1.82) is 0 Å². The van der Waals surface area contributed by atoms with E-state index in [1.54, 1.807) is 30.0 Å². The van der Waals surface area contributed by atoms with Crippen molar-refractivity contribution in [2.24, 2.45) is 0 Å². The Kier molecular flexibility index (Phi) is 5.33. The van der Waals surface area contributed by atoms with Gasteiger partial charge in [-0.2, -0.15) is 0 Å². The van der Waals surface area contributed by atoms with Crippen LogP contribution in [0.2, 0.25) is 5.02 Å². The zero-order chi connectivity index (χ0) is 18.7. The Morgan fingerprint density at radius 2 is 1.88 bits per heavy atom. The van der Waals surface area contributed by atoms with Crippen LogP contribution >= 0.6 is 11.6 Å². The number of hydrogen-bond acceptors (Lipinski definition) is 5. The Balaban J connectivity index is 1.70. The molecule has 0 aliphatic carbocycles. The van der Waals surface area contributed by atoms with Crippen LogP contribution in [0.3, 0.4) is 0 Å². The molecule has 1 aromatic heterocycles. The van der Waals surface area contributed by atoms with Crippen molar-refractivity contribution in [3.05, 3.63) is 47.1 Å². The van der Waals surface area contributed by atoms with Gasteiger partial charge in [-0.15, -0.1) is 0 Å². The highest BCUT2D eigenvalue weighted by atomic mass is 35.5. The molecular formula is C17H19ClN4O3S. The maximum Gasteiger partial charge on any atom is 0.261 e. The Morgan fingerprint density at radius 3 is 2.46 bits per heavy atom. The molecule has 2 aromatic rings. The average Bonchev–Trinajstić information content (AvgIpc) is 2.64. The van der Waals surface area contributed by atoms with E-state index in [0.29, 0.717) is 42.5 Å². The molecule has 0 atom stereocenters. The van der Waals surface area contributed by atoms with Crippen LogP contribution in [0.4, 0.5) is 11.5 Å². The monoisotopic (exact) mass is 394 g/mol. The first kappa shape index (κ1) is 18.5. The standard InChI is InChI=1S/C17H19ClN4O3S/c1-13-10-15(3-4-16(13)18)26(24,25)20-14-2-5-17(19-11-14)22-8-6-21(12-23)7-9-22/h2-5,10-12,20H,6-9H2,1H3. The van der Waals surface area contributed by atoms with Crippen molar-refractivity contribution < 1.29 is 13.2 Å². The number of benzene rings is 1. The summed E-state index contributed by atoms with van der Waals surface area (Å²) in [5.41, 5.74) is 1.07. The lowest BCUT2D eigenvalue weighted by molar-refractivity contribution is -0.118. The van der Waals surface area contributed by atoms with E-state index in [-0.39, 0.29) is 4.90 Å². The Bertz CT molecular complexity index is 895. The molecule has 1 aliphatic heterocycles. The smallest absolute Gasteiger partial charge is 0.261 e. The highest BCUT2D eigenvalue weighted by molar-refractivity contribution is 7.92. The molecule has 1 fully saturated rings. The molecule has 1 aliphatic rings. The molecule has 1 N–H and O–H groups in total. The summed E-state index contributed by atoms with van der Waals surface area (Å²) in [6.07, 6.45) is 2.34. The predicted octanol–water partition coefficient (Wildman–Crippen LogP) is 2.12. The van der Waals surface area contributed by atoms with E-state index in [4.69, 9.17) is 11.6 Å². The minimum atomic E-state index is -3.71. The van der Waals surface area contributed by atoms with Crippen LogP contribution in [-0.4, -0.2) is 50.9 Å². The lowest BCUT2D eigenvalue weighted by Gasteiger charge is -2.33. The molecule has 1 amide bonds. The molecule has 138 valence electrons. The number of sulfonamides is 1. The summed E-state index contributed by atoms with van der Waals surface area (Å²) in [4.78, 5) is 19.0. The summed E-state index contributed by atoms with van der Waals surface area (Å²) < 4.78 is 27.5. The summed E-state index contributed by atoms with van der Waals surface area (Å²) >= 11 is 5.95. The third kappa shape index (κ3) is 4.08. The summed E-state index contributed by atoms with van der Waals surface area (Å²) in [6, 6.07) is 7.99. The van der Waals surface area contributed by atoms with Gasteiger partial charge in [-0.05, 0) is 42.8 Å². The zero-order valence-electron chi connectivity index (χ0n) is 14.2. The number of aromatic nitrogens is 1. The number of rotatable bonds is 5. The van der Waals surface area contributed by atoms with Crippen LogP contribution in [-0.2, 0) is 14.8 Å². The molecule has 3 rings (SSSR count). The van der Waals surface area contributed by atoms with E-state index in [0.717, 1.165) is 12.2 Å². The normalized spacial score (nSPS) is 15.0. The number of hydrogen-bond donors (Lipinski definition) is 1. The zero-order valence-corrected chi connectivity index (χ0v) is 15.8. The number of aryl methyl sites for hydroxylation is 1. The largest absolute Gasteiger partial charge is 0.353 e. The maximum atomic E-state index is 12.5. The molecular weight excluding hydrogens is 376 g/mol. The molecule has 0 unspecified atom stereocenters. The molecule has 2 heterocycles. The Labute approximate surface area is 157 Å². The van der Waals surface area contributed by atoms with Crippen molar-refractivity contribution in [2.75, 3.05) is 35.8 Å². The Morgan fingerprint density at radius 1 is 1.15 bits per heavy atom. The van der Waals surface area contributed by atoms with E-state index in [1.807, 2.05) is 0 Å². The number of anilines is 2. The van der Waals surface area contributed by atoms with Crippen LogP contribution in [0, 0.1) is 6.92 Å². The number of pyridine rings is 1. The van der Waals surface area contributed by atoms with Crippen molar-refractivity contribution in [2.45, 2.75) is 11.8 Å². The van der Waals surface area contributed by atoms with Crippen LogP contribution in [0.5, 0.6) is 0 Å². The first-order chi connectivity index (χ1) is 12.4. The van der Waals surface area contributed by atoms with Crippen molar-refractivity contribution in [3.63, 3.8) is 0 Å². The molecule has 0 saturated carbocycles. The van der Waals surface area contributed by atoms with E-state index in [2.05, 4.69) is 14.6 Å². The second-order valence-corrected chi connectivity index (χ2v) is 8.14.